The minimum absolute atomic E-state index is 0.0668. The molecule has 6 aromatic rings. The number of nitrogens with zero attached hydrogens (tertiary/aromatic N) is 5. The smallest absolute Gasteiger partial charge is 0.224 e. The molecule has 0 aliphatic carbocycles. The van der Waals surface area contributed by atoms with Crippen LogP contribution in [0.5, 0.6) is 0 Å². The van der Waals surface area contributed by atoms with Gasteiger partial charge in [-0.2, -0.15) is 5.10 Å². The number of hydrogen-bond acceptors (Lipinski definition) is 6. The van der Waals surface area contributed by atoms with Crippen molar-refractivity contribution in [3.8, 4) is 33.9 Å². The van der Waals surface area contributed by atoms with Crippen LogP contribution in [0, 0.1) is 0 Å². The van der Waals surface area contributed by atoms with Gasteiger partial charge in [-0.1, -0.05) is 13.0 Å². The van der Waals surface area contributed by atoms with Gasteiger partial charge in [-0.3, -0.25) is 24.8 Å². The van der Waals surface area contributed by atoms with Gasteiger partial charge in [-0.15, -0.1) is 0 Å². The van der Waals surface area contributed by atoms with Crippen LogP contribution < -0.4 is 5.32 Å². The highest BCUT2D eigenvalue weighted by atomic mass is 16.1. The van der Waals surface area contributed by atoms with Gasteiger partial charge in [0.1, 0.15) is 11.2 Å². The molecule has 6 rings (SSSR count). The molecular formula is C26H20N8O. The number of carbonyl (C=O) groups is 1. The second kappa shape index (κ2) is 8.45. The van der Waals surface area contributed by atoms with E-state index in [1.54, 1.807) is 24.8 Å². The van der Waals surface area contributed by atoms with E-state index in [1.807, 2.05) is 55.6 Å². The number of nitrogens with one attached hydrogen (secondary N) is 3. The first-order valence-corrected chi connectivity index (χ1v) is 11.2. The second-order valence-corrected chi connectivity index (χ2v) is 8.08. The number of H-pyrrole nitrogens is 2. The first kappa shape index (κ1) is 20.7. The van der Waals surface area contributed by atoms with Crippen molar-refractivity contribution in [2.45, 2.75) is 13.3 Å². The van der Waals surface area contributed by atoms with Crippen molar-refractivity contribution < 1.29 is 4.79 Å². The monoisotopic (exact) mass is 460 g/mol. The van der Waals surface area contributed by atoms with Crippen LogP contribution in [0.15, 0.2) is 73.4 Å². The number of pyridine rings is 4. The molecule has 0 unspecified atom stereocenters. The fourth-order valence-electron chi connectivity index (χ4n) is 4.05. The van der Waals surface area contributed by atoms with Crippen LogP contribution in [0.4, 0.5) is 5.69 Å². The third-order valence-electron chi connectivity index (χ3n) is 5.79. The van der Waals surface area contributed by atoms with Gasteiger partial charge in [-0.05, 0) is 36.4 Å². The van der Waals surface area contributed by atoms with Crippen LogP contribution >= 0.6 is 0 Å². The summed E-state index contributed by atoms with van der Waals surface area (Å²) in [5.41, 5.74) is 7.91. The van der Waals surface area contributed by atoms with E-state index in [1.165, 1.54) is 0 Å². The van der Waals surface area contributed by atoms with Gasteiger partial charge in [0, 0.05) is 41.5 Å². The number of aromatic nitrogens is 7. The van der Waals surface area contributed by atoms with Crippen LogP contribution in [0.2, 0.25) is 0 Å². The Morgan fingerprint density at radius 1 is 0.971 bits per heavy atom. The van der Waals surface area contributed by atoms with Crippen LogP contribution in [-0.2, 0) is 4.79 Å². The molecule has 6 aromatic heterocycles. The topological polar surface area (TPSA) is 125 Å². The van der Waals surface area contributed by atoms with Gasteiger partial charge in [0.05, 0.1) is 46.2 Å². The van der Waals surface area contributed by atoms with E-state index in [-0.39, 0.29) is 5.91 Å². The molecule has 1 amide bonds. The Balaban J connectivity index is 1.43. The minimum atomic E-state index is -0.0668. The molecular weight excluding hydrogens is 440 g/mol. The highest BCUT2D eigenvalue weighted by Crippen LogP contribution is 2.33. The predicted molar refractivity (Wildman–Crippen MR) is 134 cm³/mol. The van der Waals surface area contributed by atoms with E-state index < -0.39 is 0 Å². The Morgan fingerprint density at radius 3 is 2.74 bits per heavy atom. The molecule has 6 heterocycles. The van der Waals surface area contributed by atoms with Gasteiger partial charge < -0.3 is 10.3 Å². The van der Waals surface area contributed by atoms with Crippen molar-refractivity contribution in [1.82, 2.24) is 35.1 Å². The molecule has 3 N–H and O–H groups in total. The highest BCUT2D eigenvalue weighted by molar-refractivity contribution is 5.99. The fraction of sp³-hybridized carbons (Fsp3) is 0.0769. The summed E-state index contributed by atoms with van der Waals surface area (Å²) in [6.45, 7) is 1.81. The maximum Gasteiger partial charge on any atom is 0.224 e. The molecule has 9 heteroatoms. The molecule has 0 bridgehead atoms. The summed E-state index contributed by atoms with van der Waals surface area (Å²) < 4.78 is 0. The van der Waals surface area contributed by atoms with E-state index in [0.717, 1.165) is 50.1 Å². The van der Waals surface area contributed by atoms with Crippen molar-refractivity contribution in [1.29, 1.82) is 0 Å². The molecule has 0 aliphatic rings. The maximum absolute atomic E-state index is 11.8. The molecule has 9 nitrogen and oxygen atoms in total. The largest absolute Gasteiger partial charge is 0.352 e. The van der Waals surface area contributed by atoms with Gasteiger partial charge in [-0.25, -0.2) is 4.98 Å². The highest BCUT2D eigenvalue weighted by Gasteiger charge is 2.16. The lowest BCUT2D eigenvalue weighted by Gasteiger charge is -2.06. The minimum Gasteiger partial charge on any atom is -0.352 e. The maximum atomic E-state index is 11.8. The van der Waals surface area contributed by atoms with Crippen LogP contribution in [-0.4, -0.2) is 41.0 Å². The zero-order chi connectivity index (χ0) is 23.8. The number of aromatic amines is 2. The Bertz CT molecular complexity index is 1690. The summed E-state index contributed by atoms with van der Waals surface area (Å²) in [7, 11) is 0. The third-order valence-corrected chi connectivity index (χ3v) is 5.79. The van der Waals surface area contributed by atoms with Crippen molar-refractivity contribution >= 4 is 33.5 Å². The van der Waals surface area contributed by atoms with Crippen LogP contribution in [0.3, 0.4) is 0 Å². The summed E-state index contributed by atoms with van der Waals surface area (Å²) in [5.74, 6) is -0.0668. The summed E-state index contributed by atoms with van der Waals surface area (Å²) in [5, 5.41) is 11.5. The second-order valence-electron chi connectivity index (χ2n) is 8.08. The number of carbonyl (C=O) groups excluding carboxylic acids is 1. The standard InChI is InChI=1S/C26H20N8O/c1-2-24(35)30-16-9-15(11-27-12-16)19-6-7-21-25(32-19)26(34-33-21)22-10-17-18(13-28-14-23(17)31-22)20-5-3-4-8-29-20/h3-14,31H,2H2,1H3,(H,30,35)(H,33,34). The van der Waals surface area contributed by atoms with Crippen LogP contribution in [0.25, 0.3) is 55.8 Å². The number of anilines is 1. The lowest BCUT2D eigenvalue weighted by Crippen LogP contribution is -2.09. The lowest BCUT2D eigenvalue weighted by molar-refractivity contribution is -0.115. The average molecular weight is 461 g/mol. The normalized spacial score (nSPS) is 11.2. The quantitative estimate of drug-likeness (QED) is 0.333. The van der Waals surface area contributed by atoms with Crippen LogP contribution in [0.1, 0.15) is 13.3 Å². The molecule has 35 heavy (non-hydrogen) atoms. The molecule has 0 saturated carbocycles. The average Bonchev–Trinajstić information content (AvgIpc) is 3.53. The summed E-state index contributed by atoms with van der Waals surface area (Å²) in [4.78, 5) is 33.2. The van der Waals surface area contributed by atoms with Crippen molar-refractivity contribution in [2.24, 2.45) is 0 Å². The molecule has 0 saturated heterocycles. The molecule has 0 atom stereocenters. The van der Waals surface area contributed by atoms with E-state index in [2.05, 4.69) is 35.5 Å². The van der Waals surface area contributed by atoms with E-state index >= 15 is 0 Å². The number of rotatable bonds is 5. The Kier molecular flexibility index (Phi) is 4.99. The Labute approximate surface area is 199 Å². The Hall–Kier alpha value is -4.92. The van der Waals surface area contributed by atoms with E-state index in [4.69, 9.17) is 4.98 Å². The molecule has 0 radical (unpaired) electrons. The van der Waals surface area contributed by atoms with E-state index in [0.29, 0.717) is 17.8 Å². The zero-order valence-electron chi connectivity index (χ0n) is 18.8. The fourth-order valence-corrected chi connectivity index (χ4v) is 4.05. The number of fused-ring (bicyclic) bond motifs is 2. The number of amides is 1. The van der Waals surface area contributed by atoms with Crippen molar-refractivity contribution in [3.05, 3.63) is 73.4 Å². The Morgan fingerprint density at radius 2 is 1.89 bits per heavy atom. The molecule has 170 valence electrons. The van der Waals surface area contributed by atoms with Gasteiger partial charge >= 0.3 is 0 Å². The molecule has 0 aromatic carbocycles. The first-order valence-electron chi connectivity index (χ1n) is 11.2. The summed E-state index contributed by atoms with van der Waals surface area (Å²) in [6, 6.07) is 13.6. The molecule has 0 fully saturated rings. The lowest BCUT2D eigenvalue weighted by atomic mass is 10.1. The molecule has 0 aliphatic heterocycles. The third kappa shape index (κ3) is 3.78. The predicted octanol–water partition coefficient (Wildman–Crippen LogP) is 4.97. The first-order chi connectivity index (χ1) is 17.2. The van der Waals surface area contributed by atoms with E-state index in [9.17, 15) is 4.79 Å². The summed E-state index contributed by atoms with van der Waals surface area (Å²) in [6.07, 6.45) is 9.12. The molecule has 0 spiro atoms. The van der Waals surface area contributed by atoms with Crippen molar-refractivity contribution in [2.75, 3.05) is 5.32 Å². The number of hydrogen-bond donors (Lipinski definition) is 3. The zero-order valence-corrected chi connectivity index (χ0v) is 18.8. The van der Waals surface area contributed by atoms with Gasteiger partial charge in [0.25, 0.3) is 0 Å². The van der Waals surface area contributed by atoms with Gasteiger partial charge in [0.2, 0.25) is 5.91 Å². The van der Waals surface area contributed by atoms with Gasteiger partial charge in [0.15, 0.2) is 0 Å². The SMILES string of the molecule is CCC(=O)Nc1cncc(-c2ccc3[nH]nc(-c4cc5c(-c6ccccn6)cncc5[nH]4)c3n2)c1. The van der Waals surface area contributed by atoms with Crippen molar-refractivity contribution in [3.63, 3.8) is 0 Å². The summed E-state index contributed by atoms with van der Waals surface area (Å²) >= 11 is 0.